The van der Waals surface area contributed by atoms with E-state index in [0.717, 1.165) is 0 Å². The molecular formula is C18H19NO6. The van der Waals surface area contributed by atoms with E-state index >= 15 is 0 Å². The van der Waals surface area contributed by atoms with Gasteiger partial charge in [0.25, 0.3) is 5.91 Å². The van der Waals surface area contributed by atoms with E-state index in [1.165, 1.54) is 14.2 Å². The minimum Gasteiger partial charge on any atom is -0.493 e. The smallest absolute Gasteiger partial charge is 0.344 e. The molecule has 0 aliphatic rings. The molecule has 0 spiro atoms. The number of carbonyl (C=O) groups excluding carboxylic acids is 2. The third-order valence-electron chi connectivity index (χ3n) is 3.13. The Morgan fingerprint density at radius 3 is 2.32 bits per heavy atom. The van der Waals surface area contributed by atoms with Crippen molar-refractivity contribution in [2.45, 2.75) is 0 Å². The first kappa shape index (κ1) is 18.1. The topological polar surface area (TPSA) is 83.1 Å². The number of esters is 1. The Morgan fingerprint density at radius 2 is 1.64 bits per heavy atom. The van der Waals surface area contributed by atoms with Crippen LogP contribution in [0.4, 0.5) is 5.69 Å². The van der Waals surface area contributed by atoms with Gasteiger partial charge in [-0.1, -0.05) is 18.2 Å². The van der Waals surface area contributed by atoms with E-state index in [9.17, 15) is 9.59 Å². The number of hydrogen-bond donors (Lipinski definition) is 1. The first-order chi connectivity index (χ1) is 12.1. The van der Waals surface area contributed by atoms with Crippen LogP contribution in [0.5, 0.6) is 17.2 Å². The monoisotopic (exact) mass is 345 g/mol. The summed E-state index contributed by atoms with van der Waals surface area (Å²) in [5.74, 6) is 0.472. The second-order valence-corrected chi connectivity index (χ2v) is 4.88. The molecule has 0 heterocycles. The van der Waals surface area contributed by atoms with Crippen LogP contribution in [0.1, 0.15) is 0 Å². The number of ether oxygens (including phenoxy) is 4. The summed E-state index contributed by atoms with van der Waals surface area (Å²) in [5.41, 5.74) is 0.499. The number of amides is 1. The van der Waals surface area contributed by atoms with Crippen molar-refractivity contribution in [3.8, 4) is 17.2 Å². The molecule has 1 N–H and O–H groups in total. The van der Waals surface area contributed by atoms with Crippen LogP contribution in [0.3, 0.4) is 0 Å². The Hall–Kier alpha value is -3.22. The number of nitrogens with one attached hydrogen (secondary N) is 1. The lowest BCUT2D eigenvalue weighted by molar-refractivity contribution is -0.149. The molecule has 0 aromatic heterocycles. The fourth-order valence-electron chi connectivity index (χ4n) is 1.96. The van der Waals surface area contributed by atoms with E-state index < -0.39 is 18.5 Å². The number of benzene rings is 2. The highest BCUT2D eigenvalue weighted by Crippen LogP contribution is 2.29. The molecule has 0 aliphatic heterocycles. The second-order valence-electron chi connectivity index (χ2n) is 4.88. The Kier molecular flexibility index (Phi) is 6.65. The standard InChI is InChI=1S/C18H19NO6/c1-22-15-9-8-13(10-16(15)23-2)19-17(20)11-25-18(21)12-24-14-6-4-3-5-7-14/h3-10H,11-12H2,1-2H3,(H,19,20). The molecule has 0 saturated carbocycles. The Labute approximate surface area is 145 Å². The van der Waals surface area contributed by atoms with Crippen molar-refractivity contribution in [3.05, 3.63) is 48.5 Å². The van der Waals surface area contributed by atoms with Crippen LogP contribution in [-0.4, -0.2) is 39.3 Å². The van der Waals surface area contributed by atoms with Crippen LogP contribution in [0.2, 0.25) is 0 Å². The molecule has 0 atom stereocenters. The molecule has 2 aromatic rings. The summed E-state index contributed by atoms with van der Waals surface area (Å²) < 4.78 is 20.4. The summed E-state index contributed by atoms with van der Waals surface area (Å²) >= 11 is 0. The number of anilines is 1. The zero-order chi connectivity index (χ0) is 18.1. The van der Waals surface area contributed by atoms with E-state index in [4.69, 9.17) is 18.9 Å². The highest BCUT2D eigenvalue weighted by Gasteiger charge is 2.10. The van der Waals surface area contributed by atoms with Crippen LogP contribution in [0.25, 0.3) is 0 Å². The van der Waals surface area contributed by atoms with Gasteiger partial charge in [-0.25, -0.2) is 4.79 Å². The molecule has 0 fully saturated rings. The van der Waals surface area contributed by atoms with Crippen molar-refractivity contribution in [3.63, 3.8) is 0 Å². The second kappa shape index (κ2) is 9.17. The van der Waals surface area contributed by atoms with Crippen LogP contribution in [0, 0.1) is 0 Å². The number of para-hydroxylation sites is 1. The van der Waals surface area contributed by atoms with Crippen LogP contribution in [-0.2, 0) is 14.3 Å². The number of rotatable bonds is 8. The van der Waals surface area contributed by atoms with E-state index in [1.807, 2.05) is 6.07 Å². The molecule has 2 rings (SSSR count). The summed E-state index contributed by atoms with van der Waals surface area (Å²) in [4.78, 5) is 23.4. The van der Waals surface area contributed by atoms with E-state index in [-0.39, 0.29) is 6.61 Å². The third kappa shape index (κ3) is 5.72. The molecule has 7 heteroatoms. The molecule has 0 aliphatic carbocycles. The summed E-state index contributed by atoms with van der Waals surface area (Å²) in [6, 6.07) is 13.8. The number of carbonyl (C=O) groups is 2. The fraction of sp³-hybridized carbons (Fsp3) is 0.222. The van der Waals surface area contributed by atoms with Gasteiger partial charge < -0.3 is 24.3 Å². The van der Waals surface area contributed by atoms with Crippen molar-refractivity contribution in [2.75, 3.05) is 32.8 Å². The summed E-state index contributed by atoms with van der Waals surface area (Å²) in [5, 5.41) is 2.60. The Morgan fingerprint density at radius 1 is 0.920 bits per heavy atom. The fourth-order valence-corrected chi connectivity index (χ4v) is 1.96. The molecule has 25 heavy (non-hydrogen) atoms. The molecule has 132 valence electrons. The molecule has 2 aromatic carbocycles. The van der Waals surface area contributed by atoms with Gasteiger partial charge in [-0.15, -0.1) is 0 Å². The molecule has 7 nitrogen and oxygen atoms in total. The van der Waals surface area contributed by atoms with Crippen LogP contribution < -0.4 is 19.5 Å². The first-order valence-electron chi connectivity index (χ1n) is 7.47. The highest BCUT2D eigenvalue weighted by atomic mass is 16.6. The predicted octanol–water partition coefficient (Wildman–Crippen LogP) is 2.26. The lowest BCUT2D eigenvalue weighted by atomic mass is 10.2. The van der Waals surface area contributed by atoms with Gasteiger partial charge in [-0.05, 0) is 24.3 Å². The molecule has 0 radical (unpaired) electrons. The zero-order valence-corrected chi connectivity index (χ0v) is 14.0. The van der Waals surface area contributed by atoms with Gasteiger partial charge in [0.15, 0.2) is 24.7 Å². The van der Waals surface area contributed by atoms with Gasteiger partial charge >= 0.3 is 5.97 Å². The van der Waals surface area contributed by atoms with Crippen molar-refractivity contribution < 1.29 is 28.5 Å². The minimum atomic E-state index is -0.633. The quantitative estimate of drug-likeness (QED) is 0.739. The van der Waals surface area contributed by atoms with Gasteiger partial charge in [-0.2, -0.15) is 0 Å². The van der Waals surface area contributed by atoms with Crippen molar-refractivity contribution in [1.29, 1.82) is 0 Å². The predicted molar refractivity (Wildman–Crippen MR) is 91.1 cm³/mol. The molecule has 0 bridgehead atoms. The Balaban J connectivity index is 1.77. The molecule has 1 amide bonds. The van der Waals surface area contributed by atoms with Gasteiger partial charge in [0.1, 0.15) is 5.75 Å². The number of hydrogen-bond acceptors (Lipinski definition) is 6. The Bertz CT molecular complexity index is 717. The van der Waals surface area contributed by atoms with Crippen LogP contribution >= 0.6 is 0 Å². The lowest BCUT2D eigenvalue weighted by Crippen LogP contribution is -2.23. The SMILES string of the molecule is COc1ccc(NC(=O)COC(=O)COc2ccccc2)cc1OC. The molecular weight excluding hydrogens is 326 g/mol. The van der Waals surface area contributed by atoms with Crippen LogP contribution in [0.15, 0.2) is 48.5 Å². The van der Waals surface area contributed by atoms with Crippen molar-refractivity contribution in [1.82, 2.24) is 0 Å². The van der Waals surface area contributed by atoms with E-state index in [0.29, 0.717) is 22.9 Å². The number of methoxy groups -OCH3 is 2. The third-order valence-corrected chi connectivity index (χ3v) is 3.13. The maximum absolute atomic E-state index is 11.8. The lowest BCUT2D eigenvalue weighted by Gasteiger charge is -2.11. The average molecular weight is 345 g/mol. The summed E-state index contributed by atoms with van der Waals surface area (Å²) in [6.45, 7) is -0.682. The minimum absolute atomic E-state index is 0.270. The van der Waals surface area contributed by atoms with Gasteiger partial charge in [0, 0.05) is 11.8 Å². The molecule has 0 saturated heterocycles. The summed E-state index contributed by atoms with van der Waals surface area (Å²) in [6.07, 6.45) is 0. The highest BCUT2D eigenvalue weighted by molar-refractivity contribution is 5.93. The average Bonchev–Trinajstić information content (AvgIpc) is 2.65. The van der Waals surface area contributed by atoms with Crippen molar-refractivity contribution in [2.24, 2.45) is 0 Å². The van der Waals surface area contributed by atoms with Gasteiger partial charge in [-0.3, -0.25) is 4.79 Å². The van der Waals surface area contributed by atoms with Gasteiger partial charge in [0.05, 0.1) is 14.2 Å². The zero-order valence-electron chi connectivity index (χ0n) is 14.0. The maximum atomic E-state index is 11.8. The summed E-state index contributed by atoms with van der Waals surface area (Å²) in [7, 11) is 3.02. The van der Waals surface area contributed by atoms with E-state index in [2.05, 4.69) is 5.32 Å². The van der Waals surface area contributed by atoms with Gasteiger partial charge in [0.2, 0.25) is 0 Å². The maximum Gasteiger partial charge on any atom is 0.344 e. The normalized spacial score (nSPS) is 9.84. The van der Waals surface area contributed by atoms with E-state index in [1.54, 1.807) is 42.5 Å². The molecule has 0 unspecified atom stereocenters. The largest absolute Gasteiger partial charge is 0.493 e. The first-order valence-corrected chi connectivity index (χ1v) is 7.47. The van der Waals surface area contributed by atoms with Crippen molar-refractivity contribution >= 4 is 17.6 Å².